The van der Waals surface area contributed by atoms with Crippen molar-refractivity contribution in [3.05, 3.63) is 75.0 Å². The number of hydrogen-bond acceptors (Lipinski definition) is 2. The van der Waals surface area contributed by atoms with Gasteiger partial charge in [0.05, 0.1) is 15.2 Å². The van der Waals surface area contributed by atoms with Crippen molar-refractivity contribution in [1.82, 2.24) is 0 Å². The quantitative estimate of drug-likeness (QED) is 0.550. The van der Waals surface area contributed by atoms with Crippen molar-refractivity contribution in [2.24, 2.45) is 0 Å². The second kappa shape index (κ2) is 6.65. The number of hydrogen-bond donors (Lipinski definition) is 1. The lowest BCUT2D eigenvalue weighted by molar-refractivity contribution is 1.19. The van der Waals surface area contributed by atoms with Crippen LogP contribution in [0.25, 0.3) is 10.4 Å². The fourth-order valence-electron chi connectivity index (χ4n) is 2.05. The van der Waals surface area contributed by atoms with Gasteiger partial charge in [0.2, 0.25) is 0 Å². The molecule has 0 unspecified atom stereocenters. The predicted octanol–water partition coefficient (Wildman–Crippen LogP) is 6.44. The van der Waals surface area contributed by atoms with Crippen molar-refractivity contribution in [3.8, 4) is 10.4 Å². The third-order valence-corrected chi connectivity index (χ3v) is 5.66. The molecule has 0 aliphatic carbocycles. The molecule has 1 heterocycles. The summed E-state index contributed by atoms with van der Waals surface area (Å²) >= 11 is 11.4. The van der Waals surface area contributed by atoms with Crippen molar-refractivity contribution in [1.29, 1.82) is 0 Å². The molecule has 0 saturated carbocycles. The first-order chi connectivity index (χ1) is 10.2. The van der Waals surface area contributed by atoms with Crippen LogP contribution in [0.2, 0.25) is 5.02 Å². The van der Waals surface area contributed by atoms with Gasteiger partial charge in [-0.05, 0) is 45.8 Å². The van der Waals surface area contributed by atoms with Gasteiger partial charge in [0.25, 0.3) is 0 Å². The Bertz CT molecular complexity index is 740. The van der Waals surface area contributed by atoms with Gasteiger partial charge in [-0.2, -0.15) is 0 Å². The first kappa shape index (κ1) is 14.6. The van der Waals surface area contributed by atoms with Gasteiger partial charge >= 0.3 is 0 Å². The molecule has 0 spiro atoms. The maximum atomic E-state index is 6.10. The molecule has 1 nitrogen and oxygen atoms in total. The fraction of sp³-hybridized carbons (Fsp3) is 0.0588. The smallest absolute Gasteiger partial charge is 0.0593 e. The highest BCUT2D eigenvalue weighted by molar-refractivity contribution is 9.10. The molecule has 4 heteroatoms. The average Bonchev–Trinajstić information content (AvgIpc) is 2.99. The first-order valence-corrected chi connectivity index (χ1v) is 8.55. The molecule has 0 atom stereocenters. The minimum atomic E-state index is 0.719. The zero-order chi connectivity index (χ0) is 14.7. The summed E-state index contributed by atoms with van der Waals surface area (Å²) < 4.78 is 0.909. The summed E-state index contributed by atoms with van der Waals surface area (Å²) in [5, 5.41) is 4.13. The summed E-state index contributed by atoms with van der Waals surface area (Å²) in [4.78, 5) is 2.58. The van der Waals surface area contributed by atoms with Crippen LogP contribution in [0.4, 0.5) is 5.69 Å². The van der Waals surface area contributed by atoms with Crippen LogP contribution in [0.3, 0.4) is 0 Å². The van der Waals surface area contributed by atoms with E-state index < -0.39 is 0 Å². The molecular weight excluding hydrogens is 366 g/mol. The third-order valence-electron chi connectivity index (χ3n) is 3.12. The van der Waals surface area contributed by atoms with E-state index in [2.05, 4.69) is 57.6 Å². The molecule has 1 N–H and O–H groups in total. The lowest BCUT2D eigenvalue weighted by atomic mass is 10.2. The normalized spacial score (nSPS) is 10.6. The maximum Gasteiger partial charge on any atom is 0.0593 e. The molecule has 0 bridgehead atoms. The zero-order valence-electron chi connectivity index (χ0n) is 11.1. The molecule has 0 radical (unpaired) electrons. The molecule has 0 fully saturated rings. The summed E-state index contributed by atoms with van der Waals surface area (Å²) in [7, 11) is 0. The summed E-state index contributed by atoms with van der Waals surface area (Å²) in [5.74, 6) is 0. The predicted molar refractivity (Wildman–Crippen MR) is 96.2 cm³/mol. The van der Waals surface area contributed by atoms with E-state index in [4.69, 9.17) is 11.6 Å². The second-order valence-corrected chi connectivity index (χ2v) is 6.96. The van der Waals surface area contributed by atoms with Crippen LogP contribution < -0.4 is 5.32 Å². The van der Waals surface area contributed by atoms with Crippen molar-refractivity contribution < 1.29 is 0 Å². The molecule has 3 rings (SSSR count). The number of benzene rings is 2. The van der Waals surface area contributed by atoms with Crippen molar-refractivity contribution in [2.75, 3.05) is 5.32 Å². The van der Waals surface area contributed by atoms with E-state index in [0.717, 1.165) is 21.7 Å². The Morgan fingerprint density at radius 2 is 1.76 bits per heavy atom. The van der Waals surface area contributed by atoms with Crippen LogP contribution in [0.1, 0.15) is 4.88 Å². The lowest BCUT2D eigenvalue weighted by Gasteiger charge is -2.08. The molecule has 3 aromatic rings. The highest BCUT2D eigenvalue weighted by atomic mass is 79.9. The summed E-state index contributed by atoms with van der Waals surface area (Å²) in [6.45, 7) is 0.788. The average molecular weight is 379 g/mol. The van der Waals surface area contributed by atoms with E-state index in [9.17, 15) is 0 Å². The summed E-state index contributed by atoms with van der Waals surface area (Å²) in [6, 6.07) is 20.6. The third kappa shape index (κ3) is 3.49. The van der Waals surface area contributed by atoms with Crippen molar-refractivity contribution >= 4 is 44.6 Å². The van der Waals surface area contributed by atoms with Crippen LogP contribution in [0, 0.1) is 0 Å². The number of nitrogens with one attached hydrogen (secondary N) is 1. The van der Waals surface area contributed by atoms with Gasteiger partial charge in [0, 0.05) is 16.3 Å². The Balaban J connectivity index is 1.72. The first-order valence-electron chi connectivity index (χ1n) is 6.56. The monoisotopic (exact) mass is 377 g/mol. The molecule has 2 aromatic carbocycles. The minimum absolute atomic E-state index is 0.719. The topological polar surface area (TPSA) is 12.0 Å². The molecule has 0 aliphatic rings. The Morgan fingerprint density at radius 1 is 0.952 bits per heavy atom. The van der Waals surface area contributed by atoms with Crippen molar-refractivity contribution in [3.63, 3.8) is 0 Å². The number of halogens is 2. The molecule has 21 heavy (non-hydrogen) atoms. The fourth-order valence-corrected chi connectivity index (χ4v) is 3.59. The van der Waals surface area contributed by atoms with E-state index in [-0.39, 0.29) is 0 Å². The van der Waals surface area contributed by atoms with Gasteiger partial charge < -0.3 is 5.32 Å². The highest BCUT2D eigenvalue weighted by Crippen LogP contribution is 2.32. The zero-order valence-corrected chi connectivity index (χ0v) is 14.3. The Morgan fingerprint density at radius 3 is 2.57 bits per heavy atom. The van der Waals surface area contributed by atoms with Gasteiger partial charge in [-0.25, -0.2) is 0 Å². The number of thiophene rings is 1. The standard InChI is InChI=1S/C17H13BrClNS/c18-17-14(19)7-4-8-15(17)20-11-13-9-10-16(21-13)12-5-2-1-3-6-12/h1-10,20H,11H2. The van der Waals surface area contributed by atoms with Crippen LogP contribution in [-0.2, 0) is 6.54 Å². The van der Waals surface area contributed by atoms with E-state index >= 15 is 0 Å². The van der Waals surface area contributed by atoms with Gasteiger partial charge in [-0.15, -0.1) is 11.3 Å². The van der Waals surface area contributed by atoms with Crippen LogP contribution in [-0.4, -0.2) is 0 Å². The molecule has 0 saturated heterocycles. The van der Waals surface area contributed by atoms with Crippen LogP contribution in [0.15, 0.2) is 65.1 Å². The molecular formula is C17H13BrClNS. The molecule has 0 aliphatic heterocycles. The Kier molecular flexibility index (Phi) is 4.63. The highest BCUT2D eigenvalue weighted by Gasteiger charge is 2.05. The number of anilines is 1. The SMILES string of the molecule is Clc1cccc(NCc2ccc(-c3ccccc3)s2)c1Br. The van der Waals surface area contributed by atoms with Crippen molar-refractivity contribution in [2.45, 2.75) is 6.54 Å². The Labute approximate surface area is 141 Å². The lowest BCUT2D eigenvalue weighted by Crippen LogP contribution is -1.98. The van der Waals surface area contributed by atoms with Gasteiger partial charge in [-0.3, -0.25) is 0 Å². The van der Waals surface area contributed by atoms with Crippen LogP contribution in [0.5, 0.6) is 0 Å². The van der Waals surface area contributed by atoms with Gasteiger partial charge in [0.15, 0.2) is 0 Å². The van der Waals surface area contributed by atoms with Gasteiger partial charge in [-0.1, -0.05) is 48.0 Å². The second-order valence-electron chi connectivity index (χ2n) is 4.59. The van der Waals surface area contributed by atoms with Crippen LogP contribution >= 0.6 is 38.9 Å². The Hall–Kier alpha value is -1.29. The number of rotatable bonds is 4. The van der Waals surface area contributed by atoms with E-state index in [1.807, 2.05) is 24.3 Å². The summed E-state index contributed by atoms with van der Waals surface area (Å²) in [6.07, 6.45) is 0. The largest absolute Gasteiger partial charge is 0.379 e. The molecule has 0 amide bonds. The van der Waals surface area contributed by atoms with Gasteiger partial charge in [0.1, 0.15) is 0 Å². The van der Waals surface area contributed by atoms with E-state index in [1.54, 1.807) is 11.3 Å². The van der Waals surface area contributed by atoms with E-state index in [1.165, 1.54) is 15.3 Å². The molecule has 1 aromatic heterocycles. The molecule has 106 valence electrons. The summed E-state index contributed by atoms with van der Waals surface area (Å²) in [5.41, 5.74) is 2.27. The maximum absolute atomic E-state index is 6.10. The minimum Gasteiger partial charge on any atom is -0.379 e. The van der Waals surface area contributed by atoms with E-state index in [0.29, 0.717) is 0 Å².